The van der Waals surface area contributed by atoms with Crippen molar-refractivity contribution in [2.75, 3.05) is 4.90 Å². The molecular formula is C45H37N. The van der Waals surface area contributed by atoms with Crippen LogP contribution in [0.15, 0.2) is 133 Å². The summed E-state index contributed by atoms with van der Waals surface area (Å²) in [6.45, 7) is 11.7. The lowest BCUT2D eigenvalue weighted by atomic mass is 9.80. The number of benzene rings is 7. The highest BCUT2D eigenvalue weighted by molar-refractivity contribution is 6.00. The fraction of sp³-hybridized carbons (Fsp3) is 0.156. The van der Waals surface area contributed by atoms with Gasteiger partial charge in [-0.25, -0.2) is 0 Å². The number of hydrogen-bond donors (Lipinski definition) is 0. The van der Waals surface area contributed by atoms with Crippen LogP contribution in [0.2, 0.25) is 0 Å². The Morgan fingerprint density at radius 3 is 1.30 bits per heavy atom. The van der Waals surface area contributed by atoms with Gasteiger partial charge in [-0.05, 0) is 109 Å². The summed E-state index contributed by atoms with van der Waals surface area (Å²) < 4.78 is 0. The van der Waals surface area contributed by atoms with Gasteiger partial charge in [0.25, 0.3) is 0 Å². The van der Waals surface area contributed by atoms with Crippen LogP contribution < -0.4 is 4.90 Å². The summed E-state index contributed by atoms with van der Waals surface area (Å²) in [4.78, 5) is 2.45. The minimum atomic E-state index is -0.122. The molecule has 7 aromatic carbocycles. The van der Waals surface area contributed by atoms with Crippen molar-refractivity contribution >= 4 is 38.6 Å². The molecule has 7 aromatic rings. The lowest BCUT2D eigenvalue weighted by molar-refractivity contribution is 0.666. The van der Waals surface area contributed by atoms with Gasteiger partial charge in [0.15, 0.2) is 0 Å². The van der Waals surface area contributed by atoms with Crippen molar-refractivity contribution in [2.24, 2.45) is 0 Å². The van der Waals surface area contributed by atoms with Crippen LogP contribution in [-0.4, -0.2) is 0 Å². The number of rotatable bonds is 3. The maximum Gasteiger partial charge on any atom is 0.0465 e. The molecule has 0 spiro atoms. The summed E-state index contributed by atoms with van der Waals surface area (Å²) in [6, 6.07) is 50.1. The lowest BCUT2D eigenvalue weighted by Crippen LogP contribution is -2.18. The summed E-state index contributed by atoms with van der Waals surface area (Å²) in [5, 5.41) is 5.31. The van der Waals surface area contributed by atoms with E-state index < -0.39 is 0 Å². The van der Waals surface area contributed by atoms with Crippen LogP contribution in [-0.2, 0) is 10.8 Å². The number of hydrogen-bond acceptors (Lipinski definition) is 1. The van der Waals surface area contributed by atoms with Gasteiger partial charge in [0.1, 0.15) is 0 Å². The predicted molar refractivity (Wildman–Crippen MR) is 196 cm³/mol. The van der Waals surface area contributed by atoms with Gasteiger partial charge in [0, 0.05) is 27.9 Å². The maximum atomic E-state index is 2.45. The fourth-order valence-electron chi connectivity index (χ4n) is 8.60. The summed E-state index contributed by atoms with van der Waals surface area (Å²) in [5.41, 5.74) is 15.6. The van der Waals surface area contributed by atoms with Gasteiger partial charge in [-0.15, -0.1) is 0 Å². The van der Waals surface area contributed by atoms with Crippen LogP contribution >= 0.6 is 0 Å². The SMILES string of the molecule is Cc1ccc(N(c2ccc3c(c2)C(C)(C)c2c-3ccc3ccccc23)c2ccc3c(c2)C(C)(C)c2c-3ccc3ccccc23)cc1. The van der Waals surface area contributed by atoms with E-state index in [0.29, 0.717) is 0 Å². The van der Waals surface area contributed by atoms with E-state index in [2.05, 4.69) is 173 Å². The third-order valence-corrected chi connectivity index (χ3v) is 10.8. The van der Waals surface area contributed by atoms with E-state index in [1.54, 1.807) is 0 Å². The van der Waals surface area contributed by atoms with Crippen molar-refractivity contribution in [3.8, 4) is 22.3 Å². The minimum absolute atomic E-state index is 0.122. The Hall–Kier alpha value is -5.14. The molecule has 9 rings (SSSR count). The van der Waals surface area contributed by atoms with Gasteiger partial charge in [-0.1, -0.05) is 130 Å². The molecule has 0 aromatic heterocycles. The molecule has 2 aliphatic carbocycles. The first-order chi connectivity index (χ1) is 22.2. The van der Waals surface area contributed by atoms with Crippen molar-refractivity contribution in [3.63, 3.8) is 0 Å². The van der Waals surface area contributed by atoms with Gasteiger partial charge in [-0.3, -0.25) is 0 Å². The second kappa shape index (κ2) is 9.44. The molecule has 2 aliphatic rings. The average Bonchev–Trinajstić information content (AvgIpc) is 3.45. The van der Waals surface area contributed by atoms with Gasteiger partial charge in [0.05, 0.1) is 0 Å². The zero-order valence-electron chi connectivity index (χ0n) is 27.1. The standard InChI is InChI=1S/C45H37N/c1-28-14-18-31(19-15-28)46(32-20-24-36-38-22-16-29-10-6-8-12-34(29)42(38)44(2,3)40(36)26-32)33-21-25-37-39-23-17-30-11-7-9-13-35(30)43(39)45(4,5)41(37)27-33/h6-27H,1-5H3. The number of nitrogens with zero attached hydrogens (tertiary/aromatic N) is 1. The molecule has 0 radical (unpaired) electrons. The third-order valence-electron chi connectivity index (χ3n) is 10.8. The molecule has 0 fully saturated rings. The molecule has 0 atom stereocenters. The highest BCUT2D eigenvalue weighted by Gasteiger charge is 2.39. The van der Waals surface area contributed by atoms with E-state index in [9.17, 15) is 0 Å². The Morgan fingerprint density at radius 1 is 0.413 bits per heavy atom. The van der Waals surface area contributed by atoms with Gasteiger partial charge in [-0.2, -0.15) is 0 Å². The first-order valence-corrected chi connectivity index (χ1v) is 16.4. The molecule has 0 saturated heterocycles. The van der Waals surface area contributed by atoms with E-state index >= 15 is 0 Å². The largest absolute Gasteiger partial charge is 0.310 e. The number of aryl methyl sites for hydroxylation is 1. The van der Waals surface area contributed by atoms with Crippen LogP contribution in [0.4, 0.5) is 17.1 Å². The molecule has 0 bridgehead atoms. The highest BCUT2D eigenvalue weighted by Crippen LogP contribution is 2.55. The first kappa shape index (κ1) is 27.2. The van der Waals surface area contributed by atoms with Crippen LogP contribution in [0.5, 0.6) is 0 Å². The number of fused-ring (bicyclic) bond motifs is 10. The number of anilines is 3. The Balaban J connectivity index is 1.23. The molecule has 1 heteroatoms. The average molecular weight is 592 g/mol. The van der Waals surface area contributed by atoms with Crippen LogP contribution in [0.25, 0.3) is 43.8 Å². The topological polar surface area (TPSA) is 3.24 Å². The predicted octanol–water partition coefficient (Wildman–Crippen LogP) is 12.4. The highest BCUT2D eigenvalue weighted by atomic mass is 15.1. The summed E-state index contributed by atoms with van der Waals surface area (Å²) in [5.74, 6) is 0. The molecule has 46 heavy (non-hydrogen) atoms. The minimum Gasteiger partial charge on any atom is -0.310 e. The molecule has 0 unspecified atom stereocenters. The van der Waals surface area contributed by atoms with Crippen LogP contribution in [0.1, 0.15) is 55.5 Å². The van der Waals surface area contributed by atoms with Crippen LogP contribution in [0, 0.1) is 6.92 Å². The van der Waals surface area contributed by atoms with Gasteiger partial charge >= 0.3 is 0 Å². The Bertz CT molecular complexity index is 2220. The zero-order valence-corrected chi connectivity index (χ0v) is 27.1. The van der Waals surface area contributed by atoms with E-state index in [4.69, 9.17) is 0 Å². The van der Waals surface area contributed by atoms with Crippen molar-refractivity contribution in [1.82, 2.24) is 0 Å². The molecule has 0 N–H and O–H groups in total. The normalized spacial score (nSPS) is 15.0. The van der Waals surface area contributed by atoms with Crippen molar-refractivity contribution in [2.45, 2.75) is 45.4 Å². The Morgan fingerprint density at radius 2 is 0.826 bits per heavy atom. The molecular weight excluding hydrogens is 555 g/mol. The second-order valence-corrected chi connectivity index (χ2v) is 14.3. The molecule has 0 heterocycles. The Kier molecular flexibility index (Phi) is 5.58. The molecule has 1 nitrogen and oxygen atoms in total. The molecule has 0 saturated carbocycles. The molecule has 0 aliphatic heterocycles. The summed E-state index contributed by atoms with van der Waals surface area (Å²) >= 11 is 0. The Labute approximate surface area is 271 Å². The lowest BCUT2D eigenvalue weighted by Gasteiger charge is -2.30. The van der Waals surface area contributed by atoms with E-state index in [-0.39, 0.29) is 10.8 Å². The summed E-state index contributed by atoms with van der Waals surface area (Å²) in [7, 11) is 0. The van der Waals surface area contributed by atoms with Crippen molar-refractivity contribution in [3.05, 3.63) is 161 Å². The first-order valence-electron chi connectivity index (χ1n) is 16.4. The van der Waals surface area contributed by atoms with E-state index in [0.717, 1.165) is 0 Å². The zero-order chi connectivity index (χ0) is 31.4. The summed E-state index contributed by atoms with van der Waals surface area (Å²) in [6.07, 6.45) is 0. The molecule has 0 amide bonds. The fourth-order valence-corrected chi connectivity index (χ4v) is 8.60. The quantitative estimate of drug-likeness (QED) is 0.198. The van der Waals surface area contributed by atoms with E-state index in [1.807, 2.05) is 0 Å². The smallest absolute Gasteiger partial charge is 0.0465 e. The van der Waals surface area contributed by atoms with Crippen molar-refractivity contribution in [1.29, 1.82) is 0 Å². The van der Waals surface area contributed by atoms with E-state index in [1.165, 1.54) is 88.7 Å². The molecule has 222 valence electrons. The monoisotopic (exact) mass is 591 g/mol. The van der Waals surface area contributed by atoms with Gasteiger partial charge < -0.3 is 4.90 Å². The van der Waals surface area contributed by atoms with Crippen LogP contribution in [0.3, 0.4) is 0 Å². The van der Waals surface area contributed by atoms with Crippen molar-refractivity contribution < 1.29 is 0 Å². The second-order valence-electron chi connectivity index (χ2n) is 14.3. The third kappa shape index (κ3) is 3.69. The maximum absolute atomic E-state index is 2.45. The van der Waals surface area contributed by atoms with Gasteiger partial charge in [0.2, 0.25) is 0 Å².